The first-order valence-corrected chi connectivity index (χ1v) is 16.6. The van der Waals surface area contributed by atoms with Gasteiger partial charge in [-0.1, -0.05) is 46.3 Å². The molecule has 0 atom stereocenters. The highest BCUT2D eigenvalue weighted by Gasteiger charge is 2.49. The van der Waals surface area contributed by atoms with Gasteiger partial charge in [0.2, 0.25) is 0 Å². The molecular formula is C35H35Cl2N5O2. The second kappa shape index (κ2) is 11.3. The molecule has 0 spiro atoms. The van der Waals surface area contributed by atoms with E-state index in [4.69, 9.17) is 37.4 Å². The predicted octanol–water partition coefficient (Wildman–Crippen LogP) is 7.54. The summed E-state index contributed by atoms with van der Waals surface area (Å²) >= 11 is 13.0. The zero-order chi connectivity index (χ0) is 29.7. The van der Waals surface area contributed by atoms with Crippen molar-refractivity contribution in [2.45, 2.75) is 69.5 Å². The van der Waals surface area contributed by atoms with Crippen LogP contribution >= 0.6 is 23.2 Å². The molecule has 4 aromatic rings. The van der Waals surface area contributed by atoms with Gasteiger partial charge in [-0.25, -0.2) is 4.98 Å². The van der Waals surface area contributed by atoms with Crippen molar-refractivity contribution < 1.29 is 9.26 Å². The lowest BCUT2D eigenvalue weighted by molar-refractivity contribution is -0.131. The van der Waals surface area contributed by atoms with Crippen molar-refractivity contribution >= 4 is 39.8 Å². The van der Waals surface area contributed by atoms with Gasteiger partial charge in [0.15, 0.2) is 0 Å². The van der Waals surface area contributed by atoms with Gasteiger partial charge in [0.1, 0.15) is 17.3 Å². The third kappa shape index (κ3) is 5.26. The van der Waals surface area contributed by atoms with E-state index in [1.807, 2.05) is 6.20 Å². The van der Waals surface area contributed by atoms with Crippen LogP contribution in [0.5, 0.6) is 0 Å². The smallest absolute Gasteiger partial charge is 0.145 e. The van der Waals surface area contributed by atoms with Gasteiger partial charge in [-0.3, -0.25) is 4.98 Å². The summed E-state index contributed by atoms with van der Waals surface area (Å²) in [5.41, 5.74) is 3.30. The van der Waals surface area contributed by atoms with Crippen molar-refractivity contribution in [2.75, 3.05) is 31.1 Å². The van der Waals surface area contributed by atoms with Gasteiger partial charge < -0.3 is 19.5 Å². The van der Waals surface area contributed by atoms with Crippen molar-refractivity contribution in [2.24, 2.45) is 5.41 Å². The number of hydrogen-bond donors (Lipinski definition) is 1. The molecule has 0 unspecified atom stereocenters. The van der Waals surface area contributed by atoms with Crippen molar-refractivity contribution in [1.82, 2.24) is 20.4 Å². The van der Waals surface area contributed by atoms with Crippen LogP contribution in [-0.4, -0.2) is 46.9 Å². The SMILES string of the molecule is Clc1cncc(Cl)c1-c1noc(C2CC2)c1COC12CCC(C#Cc3ccc4ccnc(N5CCNCC5)c4c3)(CC1)CC2. The number of pyridine rings is 2. The van der Waals surface area contributed by atoms with Gasteiger partial charge in [-0.15, -0.1) is 0 Å². The number of nitrogens with one attached hydrogen (secondary N) is 1. The summed E-state index contributed by atoms with van der Waals surface area (Å²) in [6.07, 6.45) is 13.5. The molecule has 1 N–H and O–H groups in total. The molecule has 5 fully saturated rings. The molecule has 0 radical (unpaired) electrons. The first-order chi connectivity index (χ1) is 21.5. The third-order valence-corrected chi connectivity index (χ3v) is 10.8. The monoisotopic (exact) mass is 627 g/mol. The number of fused-ring (bicyclic) bond motifs is 4. The Hall–Kier alpha value is -3.15. The Morgan fingerprint density at radius 1 is 1.00 bits per heavy atom. The van der Waals surface area contributed by atoms with Crippen molar-refractivity contribution in [1.29, 1.82) is 0 Å². The normalized spacial score (nSPS) is 24.8. The Bertz CT molecular complexity index is 1740. The van der Waals surface area contributed by atoms with Crippen molar-refractivity contribution in [3.05, 3.63) is 69.8 Å². The summed E-state index contributed by atoms with van der Waals surface area (Å²) in [6, 6.07) is 8.67. The maximum Gasteiger partial charge on any atom is 0.145 e. The van der Waals surface area contributed by atoms with E-state index in [1.165, 1.54) is 10.8 Å². The molecule has 4 heterocycles. The fourth-order valence-corrected chi connectivity index (χ4v) is 7.85. The molecule has 226 valence electrons. The summed E-state index contributed by atoms with van der Waals surface area (Å²) in [6.45, 7) is 4.36. The summed E-state index contributed by atoms with van der Waals surface area (Å²) in [5, 5.41) is 11.2. The van der Waals surface area contributed by atoms with Gasteiger partial charge in [0.05, 0.1) is 22.3 Å². The second-order valence-corrected chi connectivity index (χ2v) is 13.8. The van der Waals surface area contributed by atoms with Crippen LogP contribution < -0.4 is 10.2 Å². The molecule has 7 nitrogen and oxygen atoms in total. The van der Waals surface area contributed by atoms with Gasteiger partial charge in [0, 0.05) is 78.2 Å². The summed E-state index contributed by atoms with van der Waals surface area (Å²) < 4.78 is 12.7. The number of rotatable bonds is 6. The van der Waals surface area contributed by atoms with E-state index in [0.717, 1.165) is 100 Å². The highest BCUT2D eigenvalue weighted by molar-refractivity contribution is 6.38. The Labute approximate surface area is 267 Å². The highest BCUT2D eigenvalue weighted by atomic mass is 35.5. The van der Waals surface area contributed by atoms with Crippen LogP contribution in [0.3, 0.4) is 0 Å². The molecule has 4 saturated carbocycles. The van der Waals surface area contributed by atoms with Crippen LogP contribution in [0.15, 0.2) is 47.4 Å². The summed E-state index contributed by atoms with van der Waals surface area (Å²) in [7, 11) is 0. The Kier molecular flexibility index (Phi) is 7.30. The fourth-order valence-electron chi connectivity index (χ4n) is 7.31. The topological polar surface area (TPSA) is 76.3 Å². The van der Waals surface area contributed by atoms with E-state index in [-0.39, 0.29) is 11.0 Å². The van der Waals surface area contributed by atoms with Crippen molar-refractivity contribution in [3.63, 3.8) is 0 Å². The number of benzene rings is 1. The standard InChI is InChI=1S/C35H35Cl2N5O2/c36-28-20-39-21-29(37)30(28)31-27(32(44-41-31)25-3-4-25)22-43-35-11-8-34(9-12-35,10-13-35)7-5-23-1-2-24-6-14-40-33(26(24)19-23)42-17-15-38-16-18-42/h1-2,6,14,19-21,25,38H,3-4,8-13,15-18,22H2. The van der Waals surface area contributed by atoms with Crippen LogP contribution in [0.2, 0.25) is 10.0 Å². The van der Waals surface area contributed by atoms with E-state index in [1.54, 1.807) is 12.4 Å². The lowest BCUT2D eigenvalue weighted by Gasteiger charge is -2.51. The molecular weight excluding hydrogens is 593 g/mol. The molecule has 9 heteroatoms. The zero-order valence-corrected chi connectivity index (χ0v) is 26.2. The highest BCUT2D eigenvalue weighted by Crippen LogP contribution is 2.54. The first kappa shape index (κ1) is 28.3. The van der Waals surface area contributed by atoms with Gasteiger partial charge in [-0.05, 0) is 75.0 Å². The van der Waals surface area contributed by atoms with Gasteiger partial charge in [-0.2, -0.15) is 0 Å². The maximum atomic E-state index is 6.82. The minimum absolute atomic E-state index is 0.0516. The molecule has 4 aliphatic carbocycles. The van der Waals surface area contributed by atoms with Crippen LogP contribution in [0.1, 0.15) is 74.2 Å². The lowest BCUT2D eigenvalue weighted by Crippen LogP contribution is -2.47. The number of anilines is 1. The number of ether oxygens (including phenoxy) is 1. The zero-order valence-electron chi connectivity index (χ0n) is 24.7. The Morgan fingerprint density at radius 3 is 2.48 bits per heavy atom. The van der Waals surface area contributed by atoms with Crippen LogP contribution in [0.25, 0.3) is 22.0 Å². The van der Waals surface area contributed by atoms with Gasteiger partial charge >= 0.3 is 0 Å². The number of hydrogen-bond acceptors (Lipinski definition) is 7. The lowest BCUT2D eigenvalue weighted by atomic mass is 9.59. The van der Waals surface area contributed by atoms with Crippen LogP contribution in [-0.2, 0) is 11.3 Å². The molecule has 5 aliphatic rings. The predicted molar refractivity (Wildman–Crippen MR) is 173 cm³/mol. The molecule has 1 aliphatic heterocycles. The summed E-state index contributed by atoms with van der Waals surface area (Å²) in [5.74, 6) is 9.71. The Balaban J connectivity index is 0.989. The molecule has 0 amide bonds. The second-order valence-electron chi connectivity index (χ2n) is 12.9. The number of halogens is 2. The van der Waals surface area contributed by atoms with Crippen LogP contribution in [0.4, 0.5) is 5.82 Å². The Morgan fingerprint density at radius 2 is 1.75 bits per heavy atom. The van der Waals surface area contributed by atoms with E-state index in [0.29, 0.717) is 33.8 Å². The van der Waals surface area contributed by atoms with E-state index in [2.05, 4.69) is 56.5 Å². The van der Waals surface area contributed by atoms with E-state index < -0.39 is 0 Å². The third-order valence-electron chi connectivity index (χ3n) is 10.2. The minimum atomic E-state index is -0.141. The average Bonchev–Trinajstić information content (AvgIpc) is 3.83. The largest absolute Gasteiger partial charge is 0.370 e. The van der Waals surface area contributed by atoms with Gasteiger partial charge in [0.25, 0.3) is 0 Å². The molecule has 9 rings (SSSR count). The van der Waals surface area contributed by atoms with Crippen LogP contribution in [0, 0.1) is 17.3 Å². The number of nitrogens with zero attached hydrogens (tertiary/aromatic N) is 4. The maximum absolute atomic E-state index is 6.82. The minimum Gasteiger partial charge on any atom is -0.370 e. The van der Waals surface area contributed by atoms with E-state index in [9.17, 15) is 0 Å². The first-order valence-electron chi connectivity index (χ1n) is 15.8. The number of aromatic nitrogens is 3. The molecule has 3 aromatic heterocycles. The fraction of sp³-hybridized carbons (Fsp3) is 0.457. The molecule has 2 bridgehead atoms. The van der Waals surface area contributed by atoms with E-state index >= 15 is 0 Å². The quantitative estimate of drug-likeness (QED) is 0.221. The molecule has 1 saturated heterocycles. The van der Waals surface area contributed by atoms with Crippen molar-refractivity contribution in [3.8, 4) is 23.1 Å². The average molecular weight is 629 g/mol. The summed E-state index contributed by atoms with van der Waals surface area (Å²) in [4.78, 5) is 11.3. The molecule has 1 aromatic carbocycles. The number of piperazine rings is 1. The molecule has 44 heavy (non-hydrogen) atoms.